The summed E-state index contributed by atoms with van der Waals surface area (Å²) in [6, 6.07) is 6.36. The molecular weight excluding hydrogens is 261 g/mol. The lowest BCUT2D eigenvalue weighted by Gasteiger charge is -2.15. The first-order valence-corrected chi connectivity index (χ1v) is 6.83. The van der Waals surface area contributed by atoms with E-state index in [1.54, 1.807) is 11.0 Å². The largest absolute Gasteiger partial charge is 0.481 e. The van der Waals surface area contributed by atoms with Crippen molar-refractivity contribution in [1.29, 1.82) is 0 Å². The lowest BCUT2D eigenvalue weighted by molar-refractivity contribution is -0.141. The summed E-state index contributed by atoms with van der Waals surface area (Å²) in [5.41, 5.74) is 0.859. The molecule has 0 bridgehead atoms. The molecule has 3 unspecified atom stereocenters. The molecule has 1 aliphatic heterocycles. The van der Waals surface area contributed by atoms with Crippen LogP contribution in [0, 0.1) is 17.7 Å². The summed E-state index contributed by atoms with van der Waals surface area (Å²) in [4.78, 5) is 24.8. The molecule has 1 amide bonds. The average molecular weight is 277 g/mol. The van der Waals surface area contributed by atoms with E-state index < -0.39 is 11.9 Å². The van der Waals surface area contributed by atoms with E-state index in [2.05, 4.69) is 0 Å². The van der Waals surface area contributed by atoms with E-state index in [9.17, 15) is 14.0 Å². The van der Waals surface area contributed by atoms with Crippen LogP contribution in [0.1, 0.15) is 24.3 Å². The summed E-state index contributed by atoms with van der Waals surface area (Å²) in [7, 11) is 0. The molecule has 3 rings (SSSR count). The van der Waals surface area contributed by atoms with Crippen LogP contribution in [0.5, 0.6) is 0 Å². The Hall–Kier alpha value is -1.91. The van der Waals surface area contributed by atoms with Crippen LogP contribution < -0.4 is 0 Å². The van der Waals surface area contributed by atoms with Crippen LogP contribution in [-0.2, 0) is 9.59 Å². The van der Waals surface area contributed by atoms with Gasteiger partial charge in [-0.2, -0.15) is 0 Å². The molecule has 1 saturated heterocycles. The van der Waals surface area contributed by atoms with Crippen molar-refractivity contribution >= 4 is 11.9 Å². The van der Waals surface area contributed by atoms with Crippen molar-refractivity contribution in [2.75, 3.05) is 13.1 Å². The summed E-state index contributed by atoms with van der Waals surface area (Å²) < 4.78 is 13.2. The van der Waals surface area contributed by atoms with Crippen molar-refractivity contribution in [3.8, 4) is 0 Å². The van der Waals surface area contributed by atoms with Gasteiger partial charge in [0.25, 0.3) is 0 Å². The van der Waals surface area contributed by atoms with Crippen LogP contribution in [0.3, 0.4) is 0 Å². The summed E-state index contributed by atoms with van der Waals surface area (Å²) in [5, 5.41) is 8.95. The fraction of sp³-hybridized carbons (Fsp3) is 0.467. The van der Waals surface area contributed by atoms with E-state index in [1.807, 2.05) is 6.07 Å². The average Bonchev–Trinajstić information content (AvgIpc) is 3.06. The minimum absolute atomic E-state index is 0.0167. The summed E-state index contributed by atoms with van der Waals surface area (Å²) in [5.74, 6) is -1.56. The van der Waals surface area contributed by atoms with Gasteiger partial charge in [-0.1, -0.05) is 12.1 Å². The number of rotatable bonds is 3. The second-order valence-corrected chi connectivity index (χ2v) is 5.61. The highest BCUT2D eigenvalue weighted by atomic mass is 19.1. The topological polar surface area (TPSA) is 57.6 Å². The molecule has 1 aromatic carbocycles. The van der Waals surface area contributed by atoms with E-state index in [-0.39, 0.29) is 23.6 Å². The first-order valence-electron chi connectivity index (χ1n) is 6.83. The molecule has 0 radical (unpaired) electrons. The monoisotopic (exact) mass is 277 g/mol. The molecule has 20 heavy (non-hydrogen) atoms. The Morgan fingerprint density at radius 1 is 1.35 bits per heavy atom. The normalized spacial score (nSPS) is 28.4. The number of carboxylic acids is 1. The standard InChI is InChI=1S/C15H16FNO3/c16-11-3-1-2-9(6-11)12-7-13(12)14(18)17-5-4-10(8-17)15(19)20/h1-3,6,10,12-13H,4-5,7-8H2,(H,19,20). The Kier molecular flexibility index (Phi) is 3.20. The van der Waals surface area contributed by atoms with Crippen molar-refractivity contribution in [3.63, 3.8) is 0 Å². The van der Waals surface area contributed by atoms with Crippen molar-refractivity contribution in [2.45, 2.75) is 18.8 Å². The van der Waals surface area contributed by atoms with Crippen molar-refractivity contribution in [1.82, 2.24) is 4.90 Å². The van der Waals surface area contributed by atoms with Gasteiger partial charge in [0.2, 0.25) is 5.91 Å². The maximum Gasteiger partial charge on any atom is 0.308 e. The maximum atomic E-state index is 13.2. The van der Waals surface area contributed by atoms with Crippen molar-refractivity contribution < 1.29 is 19.1 Å². The van der Waals surface area contributed by atoms with E-state index >= 15 is 0 Å². The Labute approximate surface area is 116 Å². The molecule has 5 heteroatoms. The third-order valence-electron chi connectivity index (χ3n) is 4.23. The van der Waals surface area contributed by atoms with Gasteiger partial charge >= 0.3 is 5.97 Å². The highest BCUT2D eigenvalue weighted by molar-refractivity contribution is 5.84. The number of hydrogen-bond acceptors (Lipinski definition) is 2. The van der Waals surface area contributed by atoms with Crippen molar-refractivity contribution in [2.24, 2.45) is 11.8 Å². The van der Waals surface area contributed by atoms with Crippen LogP contribution in [0.15, 0.2) is 24.3 Å². The van der Waals surface area contributed by atoms with E-state index in [0.29, 0.717) is 19.5 Å². The smallest absolute Gasteiger partial charge is 0.308 e. The number of halogens is 1. The predicted molar refractivity (Wildman–Crippen MR) is 69.6 cm³/mol. The van der Waals surface area contributed by atoms with E-state index in [4.69, 9.17) is 5.11 Å². The lowest BCUT2D eigenvalue weighted by Crippen LogP contribution is -2.31. The molecular formula is C15H16FNO3. The fourth-order valence-corrected chi connectivity index (χ4v) is 2.97. The van der Waals surface area contributed by atoms with Gasteiger partial charge in [0.15, 0.2) is 0 Å². The second kappa shape index (κ2) is 4.89. The van der Waals surface area contributed by atoms with Gasteiger partial charge in [0.1, 0.15) is 5.82 Å². The number of carbonyl (C=O) groups excluding carboxylic acids is 1. The zero-order chi connectivity index (χ0) is 14.3. The second-order valence-electron chi connectivity index (χ2n) is 5.61. The highest BCUT2D eigenvalue weighted by Crippen LogP contribution is 2.48. The molecule has 0 aromatic heterocycles. The third-order valence-corrected chi connectivity index (χ3v) is 4.23. The highest BCUT2D eigenvalue weighted by Gasteiger charge is 2.47. The van der Waals surface area contributed by atoms with Gasteiger partial charge in [-0.15, -0.1) is 0 Å². The molecule has 1 aliphatic carbocycles. The number of likely N-dealkylation sites (tertiary alicyclic amines) is 1. The Balaban J connectivity index is 1.62. The van der Waals surface area contributed by atoms with Crippen LogP contribution >= 0.6 is 0 Å². The molecule has 1 saturated carbocycles. The zero-order valence-electron chi connectivity index (χ0n) is 11.0. The van der Waals surface area contributed by atoms with Gasteiger partial charge in [-0.3, -0.25) is 9.59 Å². The Morgan fingerprint density at radius 2 is 2.15 bits per heavy atom. The molecule has 2 fully saturated rings. The number of carboxylic acid groups (broad SMARTS) is 1. The quantitative estimate of drug-likeness (QED) is 0.917. The molecule has 0 spiro atoms. The number of aliphatic carboxylic acids is 1. The first kappa shape index (κ1) is 13.1. The molecule has 4 nitrogen and oxygen atoms in total. The number of hydrogen-bond donors (Lipinski definition) is 1. The van der Waals surface area contributed by atoms with Crippen LogP contribution in [0.2, 0.25) is 0 Å². The van der Waals surface area contributed by atoms with E-state index in [1.165, 1.54) is 12.1 Å². The molecule has 1 aromatic rings. The summed E-state index contributed by atoms with van der Waals surface area (Å²) in [6.45, 7) is 0.822. The number of nitrogens with zero attached hydrogens (tertiary/aromatic N) is 1. The fourth-order valence-electron chi connectivity index (χ4n) is 2.97. The molecule has 1 N–H and O–H groups in total. The molecule has 1 heterocycles. The number of benzene rings is 1. The van der Waals surface area contributed by atoms with Crippen LogP contribution in [0.25, 0.3) is 0 Å². The minimum atomic E-state index is -0.835. The molecule has 106 valence electrons. The molecule has 2 aliphatic rings. The summed E-state index contributed by atoms with van der Waals surface area (Å²) in [6.07, 6.45) is 1.26. The van der Waals surface area contributed by atoms with Gasteiger partial charge in [-0.05, 0) is 36.5 Å². The van der Waals surface area contributed by atoms with Gasteiger partial charge in [0.05, 0.1) is 5.92 Å². The first-order chi connectivity index (χ1) is 9.56. The SMILES string of the molecule is O=C(O)C1CCN(C(=O)C2CC2c2cccc(F)c2)C1. The predicted octanol–water partition coefficient (Wildman–Crippen LogP) is 1.86. The summed E-state index contributed by atoms with van der Waals surface area (Å²) >= 11 is 0. The van der Waals surface area contributed by atoms with Crippen LogP contribution in [0.4, 0.5) is 4.39 Å². The van der Waals surface area contributed by atoms with Gasteiger partial charge < -0.3 is 10.0 Å². The molecule has 3 atom stereocenters. The minimum Gasteiger partial charge on any atom is -0.481 e. The Bertz CT molecular complexity index is 560. The lowest BCUT2D eigenvalue weighted by atomic mass is 10.1. The van der Waals surface area contributed by atoms with Gasteiger partial charge in [-0.25, -0.2) is 4.39 Å². The Morgan fingerprint density at radius 3 is 2.80 bits per heavy atom. The zero-order valence-corrected chi connectivity index (χ0v) is 11.0. The van der Waals surface area contributed by atoms with Crippen LogP contribution in [-0.4, -0.2) is 35.0 Å². The number of amides is 1. The van der Waals surface area contributed by atoms with Gasteiger partial charge in [0, 0.05) is 19.0 Å². The number of carbonyl (C=O) groups is 2. The van der Waals surface area contributed by atoms with E-state index in [0.717, 1.165) is 12.0 Å². The third kappa shape index (κ3) is 2.40. The van der Waals surface area contributed by atoms with Crippen molar-refractivity contribution in [3.05, 3.63) is 35.6 Å². The maximum absolute atomic E-state index is 13.2.